The summed E-state index contributed by atoms with van der Waals surface area (Å²) in [7, 11) is 0. The van der Waals surface area contributed by atoms with Crippen molar-refractivity contribution >= 4 is 27.6 Å². The zero-order chi connectivity index (χ0) is 15.2. The summed E-state index contributed by atoms with van der Waals surface area (Å²) in [5.41, 5.74) is 5.98. The molecule has 21 heavy (non-hydrogen) atoms. The van der Waals surface area contributed by atoms with Gasteiger partial charge in [0.25, 0.3) is 0 Å². The van der Waals surface area contributed by atoms with Gasteiger partial charge in [-0.05, 0) is 42.5 Å². The number of nitrogens with two attached hydrogens (primary N) is 1. The smallest absolute Gasteiger partial charge is 0.339 e. The summed E-state index contributed by atoms with van der Waals surface area (Å²) in [6.45, 7) is 0.547. The van der Waals surface area contributed by atoms with Crippen LogP contribution in [0.5, 0.6) is 11.5 Å². The van der Waals surface area contributed by atoms with E-state index in [9.17, 15) is 4.79 Å². The first-order valence-electron chi connectivity index (χ1n) is 6.20. The molecule has 5 nitrogen and oxygen atoms in total. The number of rotatable bonds is 6. The number of aromatic carboxylic acids is 1. The Morgan fingerprint density at radius 3 is 2.43 bits per heavy atom. The van der Waals surface area contributed by atoms with Crippen molar-refractivity contribution in [2.75, 3.05) is 18.9 Å². The standard InChI is InChI=1S/C15H14BrNO4/c16-10-1-4-12(5-2-10)20-7-8-21-14-6-3-11(17)9-13(14)15(18)19/h1-6,9H,7-8,17H2,(H,18,19). The van der Waals surface area contributed by atoms with Crippen LogP contribution in [-0.2, 0) is 0 Å². The number of carbonyl (C=O) groups is 1. The van der Waals surface area contributed by atoms with Gasteiger partial charge < -0.3 is 20.3 Å². The van der Waals surface area contributed by atoms with Crippen LogP contribution in [0, 0.1) is 0 Å². The van der Waals surface area contributed by atoms with Crippen molar-refractivity contribution < 1.29 is 19.4 Å². The lowest BCUT2D eigenvalue weighted by molar-refractivity contribution is 0.0691. The Hall–Kier alpha value is -2.21. The van der Waals surface area contributed by atoms with Crippen molar-refractivity contribution in [3.8, 4) is 11.5 Å². The number of carboxylic acids is 1. The summed E-state index contributed by atoms with van der Waals surface area (Å²) in [5, 5.41) is 9.08. The summed E-state index contributed by atoms with van der Waals surface area (Å²) in [6, 6.07) is 11.9. The van der Waals surface area contributed by atoms with Gasteiger partial charge in [-0.15, -0.1) is 0 Å². The molecule has 0 aliphatic heterocycles. The molecule has 0 radical (unpaired) electrons. The summed E-state index contributed by atoms with van der Waals surface area (Å²) >= 11 is 3.34. The molecule has 0 aromatic heterocycles. The second-order valence-corrected chi connectivity index (χ2v) is 5.13. The van der Waals surface area contributed by atoms with Gasteiger partial charge in [0.1, 0.15) is 30.3 Å². The fourth-order valence-corrected chi connectivity index (χ4v) is 1.95. The van der Waals surface area contributed by atoms with Gasteiger partial charge in [0.05, 0.1) is 0 Å². The van der Waals surface area contributed by atoms with Gasteiger partial charge in [-0.1, -0.05) is 15.9 Å². The van der Waals surface area contributed by atoms with E-state index in [4.69, 9.17) is 20.3 Å². The molecule has 6 heteroatoms. The van der Waals surface area contributed by atoms with E-state index in [0.717, 1.165) is 10.2 Å². The third-order valence-corrected chi connectivity index (χ3v) is 3.19. The predicted octanol–water partition coefficient (Wildman–Crippen LogP) is 3.19. The number of halogens is 1. The molecule has 3 N–H and O–H groups in total. The Morgan fingerprint density at radius 2 is 1.76 bits per heavy atom. The maximum absolute atomic E-state index is 11.1. The Balaban J connectivity index is 1.89. The van der Waals surface area contributed by atoms with Crippen molar-refractivity contribution in [1.82, 2.24) is 0 Å². The highest BCUT2D eigenvalue weighted by Gasteiger charge is 2.11. The Labute approximate surface area is 130 Å². The Kier molecular flexibility index (Phi) is 5.05. The number of nitrogen functional groups attached to an aromatic ring is 1. The zero-order valence-corrected chi connectivity index (χ0v) is 12.7. The van der Waals surface area contributed by atoms with Crippen LogP contribution in [0.1, 0.15) is 10.4 Å². The Morgan fingerprint density at radius 1 is 1.10 bits per heavy atom. The van der Waals surface area contributed by atoms with E-state index >= 15 is 0 Å². The molecular formula is C15H14BrNO4. The molecule has 0 fully saturated rings. The third-order valence-electron chi connectivity index (χ3n) is 2.66. The SMILES string of the molecule is Nc1ccc(OCCOc2ccc(Br)cc2)c(C(=O)O)c1. The fraction of sp³-hybridized carbons (Fsp3) is 0.133. The number of hydrogen-bond acceptors (Lipinski definition) is 4. The van der Waals surface area contributed by atoms with E-state index in [0.29, 0.717) is 12.3 Å². The molecule has 0 unspecified atom stereocenters. The van der Waals surface area contributed by atoms with Crippen LogP contribution in [0.4, 0.5) is 5.69 Å². The van der Waals surface area contributed by atoms with Crippen LogP contribution in [-0.4, -0.2) is 24.3 Å². The maximum atomic E-state index is 11.1. The molecule has 2 aromatic rings. The van der Waals surface area contributed by atoms with Gasteiger partial charge in [-0.25, -0.2) is 4.79 Å². The minimum Gasteiger partial charge on any atom is -0.490 e. The number of carboxylic acid groups (broad SMARTS) is 1. The number of ether oxygens (including phenoxy) is 2. The lowest BCUT2D eigenvalue weighted by Gasteiger charge is -2.11. The summed E-state index contributed by atoms with van der Waals surface area (Å²) in [5.74, 6) is -0.0835. The lowest BCUT2D eigenvalue weighted by Crippen LogP contribution is -2.11. The van der Waals surface area contributed by atoms with Crippen LogP contribution in [0.15, 0.2) is 46.9 Å². The number of hydrogen-bond donors (Lipinski definition) is 2. The normalized spacial score (nSPS) is 10.1. The van der Waals surface area contributed by atoms with Crippen LogP contribution in [0.2, 0.25) is 0 Å². The van der Waals surface area contributed by atoms with Crippen LogP contribution in [0.25, 0.3) is 0 Å². The minimum atomic E-state index is -1.08. The molecule has 0 heterocycles. The molecule has 110 valence electrons. The van der Waals surface area contributed by atoms with Crippen molar-refractivity contribution in [1.29, 1.82) is 0 Å². The molecule has 0 bridgehead atoms. The van der Waals surface area contributed by atoms with Gasteiger partial charge in [-0.2, -0.15) is 0 Å². The monoisotopic (exact) mass is 351 g/mol. The van der Waals surface area contributed by atoms with Crippen molar-refractivity contribution in [3.05, 3.63) is 52.5 Å². The summed E-state index contributed by atoms with van der Waals surface area (Å²) in [6.07, 6.45) is 0. The van der Waals surface area contributed by atoms with Crippen molar-refractivity contribution in [3.63, 3.8) is 0 Å². The van der Waals surface area contributed by atoms with Crippen molar-refractivity contribution in [2.24, 2.45) is 0 Å². The highest BCUT2D eigenvalue weighted by molar-refractivity contribution is 9.10. The molecule has 0 spiro atoms. The third kappa shape index (κ3) is 4.39. The van der Waals surface area contributed by atoms with E-state index in [1.54, 1.807) is 12.1 Å². The lowest BCUT2D eigenvalue weighted by atomic mass is 10.2. The molecule has 0 amide bonds. The largest absolute Gasteiger partial charge is 0.490 e. The minimum absolute atomic E-state index is 0.0404. The van der Waals surface area contributed by atoms with Gasteiger partial charge >= 0.3 is 5.97 Å². The Bertz CT molecular complexity index is 628. The van der Waals surface area contributed by atoms with Crippen molar-refractivity contribution in [2.45, 2.75) is 0 Å². The molecular weight excluding hydrogens is 338 g/mol. The van der Waals surface area contributed by atoms with Crippen LogP contribution >= 0.6 is 15.9 Å². The predicted molar refractivity (Wildman–Crippen MR) is 82.9 cm³/mol. The zero-order valence-electron chi connectivity index (χ0n) is 11.1. The number of benzene rings is 2. The van der Waals surface area contributed by atoms with E-state index in [1.807, 2.05) is 24.3 Å². The molecule has 0 atom stereocenters. The second-order valence-electron chi connectivity index (χ2n) is 4.21. The van der Waals surface area contributed by atoms with E-state index in [1.165, 1.54) is 6.07 Å². The maximum Gasteiger partial charge on any atom is 0.339 e. The van der Waals surface area contributed by atoms with Gasteiger partial charge in [-0.3, -0.25) is 0 Å². The molecule has 0 aliphatic carbocycles. The molecule has 0 saturated carbocycles. The summed E-state index contributed by atoms with van der Waals surface area (Å²) < 4.78 is 11.9. The topological polar surface area (TPSA) is 81.8 Å². The molecule has 2 aromatic carbocycles. The molecule has 2 rings (SSSR count). The van der Waals surface area contributed by atoms with E-state index < -0.39 is 5.97 Å². The first kappa shape index (κ1) is 15.2. The average molecular weight is 352 g/mol. The van der Waals surface area contributed by atoms with Gasteiger partial charge in [0.2, 0.25) is 0 Å². The summed E-state index contributed by atoms with van der Waals surface area (Å²) in [4.78, 5) is 11.1. The van der Waals surface area contributed by atoms with Gasteiger partial charge in [0, 0.05) is 10.2 Å². The number of anilines is 1. The average Bonchev–Trinajstić information content (AvgIpc) is 2.46. The van der Waals surface area contributed by atoms with Gasteiger partial charge in [0.15, 0.2) is 0 Å². The van der Waals surface area contributed by atoms with Crippen LogP contribution < -0.4 is 15.2 Å². The quantitative estimate of drug-likeness (QED) is 0.616. The fourth-order valence-electron chi connectivity index (χ4n) is 1.68. The highest BCUT2D eigenvalue weighted by atomic mass is 79.9. The first-order valence-corrected chi connectivity index (χ1v) is 6.99. The van der Waals surface area contributed by atoms with E-state index in [-0.39, 0.29) is 17.9 Å². The molecule has 0 saturated heterocycles. The highest BCUT2D eigenvalue weighted by Crippen LogP contribution is 2.21. The van der Waals surface area contributed by atoms with E-state index in [2.05, 4.69) is 15.9 Å². The second kappa shape index (κ2) is 6.99. The van der Waals surface area contributed by atoms with Crippen LogP contribution in [0.3, 0.4) is 0 Å². The first-order chi connectivity index (χ1) is 10.1. The molecule has 0 aliphatic rings.